The van der Waals surface area contributed by atoms with Crippen LogP contribution in [0.15, 0.2) is 53.4 Å². The molecule has 3 rings (SSSR count). The highest BCUT2D eigenvalue weighted by Crippen LogP contribution is 2.25. The van der Waals surface area contributed by atoms with Crippen molar-refractivity contribution in [1.82, 2.24) is 14.5 Å². The maximum absolute atomic E-state index is 13.3. The van der Waals surface area contributed by atoms with E-state index in [0.29, 0.717) is 31.6 Å². The van der Waals surface area contributed by atoms with Gasteiger partial charge in [-0.3, -0.25) is 9.69 Å². The van der Waals surface area contributed by atoms with Crippen LogP contribution in [-0.2, 0) is 16.6 Å². The number of rotatable bonds is 6. The fraction of sp³-hybridized carbons (Fsp3) is 0.435. The molecule has 1 atom stereocenters. The van der Waals surface area contributed by atoms with E-state index < -0.39 is 10.0 Å². The summed E-state index contributed by atoms with van der Waals surface area (Å²) in [7, 11) is -2.14. The molecule has 2 aromatic carbocycles. The molecule has 2 aromatic rings. The second-order valence-electron chi connectivity index (χ2n) is 8.23. The molecule has 0 saturated carbocycles. The first-order valence-electron chi connectivity index (χ1n) is 10.5. The maximum atomic E-state index is 13.3. The van der Waals surface area contributed by atoms with Crippen LogP contribution in [0, 0.1) is 11.7 Å². The molecule has 31 heavy (non-hydrogen) atoms. The fourth-order valence-electron chi connectivity index (χ4n) is 3.97. The minimum absolute atomic E-state index is 0.0347. The van der Waals surface area contributed by atoms with Crippen molar-refractivity contribution < 1.29 is 17.6 Å². The van der Waals surface area contributed by atoms with Crippen LogP contribution >= 0.6 is 0 Å². The van der Waals surface area contributed by atoms with E-state index in [1.807, 2.05) is 0 Å². The maximum Gasteiger partial charge on any atom is 0.251 e. The zero-order valence-corrected chi connectivity index (χ0v) is 19.0. The van der Waals surface area contributed by atoms with Gasteiger partial charge in [-0.25, -0.2) is 12.8 Å². The summed E-state index contributed by atoms with van der Waals surface area (Å²) in [5.41, 5.74) is 1.43. The predicted octanol–water partition coefficient (Wildman–Crippen LogP) is 3.11. The van der Waals surface area contributed by atoms with Crippen LogP contribution in [0.25, 0.3) is 0 Å². The standard InChI is InChI=1S/C23H30FN3O3S/c1-17(2)22-16-27(14-4-13-26(22)15-18-5-9-20(24)10-6-18)31(29,30)21-11-7-19(8-12-21)23(28)25-3/h5-12,17,22H,4,13-16H2,1-3H3,(H,25,28). The van der Waals surface area contributed by atoms with E-state index in [1.165, 1.54) is 43.4 Å². The predicted molar refractivity (Wildman–Crippen MR) is 119 cm³/mol. The molecule has 0 aromatic heterocycles. The summed E-state index contributed by atoms with van der Waals surface area (Å²) in [5.74, 6) is -0.276. The van der Waals surface area contributed by atoms with Crippen LogP contribution in [0.5, 0.6) is 0 Å². The first kappa shape index (κ1) is 23.4. The third-order valence-electron chi connectivity index (χ3n) is 5.76. The molecule has 1 fully saturated rings. The second-order valence-corrected chi connectivity index (χ2v) is 10.2. The van der Waals surface area contributed by atoms with Gasteiger partial charge in [0.2, 0.25) is 10.0 Å². The van der Waals surface area contributed by atoms with Crippen molar-refractivity contribution in [2.45, 2.75) is 37.8 Å². The van der Waals surface area contributed by atoms with E-state index in [4.69, 9.17) is 0 Å². The van der Waals surface area contributed by atoms with Crippen LogP contribution in [0.3, 0.4) is 0 Å². The van der Waals surface area contributed by atoms with Gasteiger partial charge in [0.25, 0.3) is 5.91 Å². The largest absolute Gasteiger partial charge is 0.355 e. The lowest BCUT2D eigenvalue weighted by atomic mass is 10.0. The highest BCUT2D eigenvalue weighted by atomic mass is 32.2. The Hall–Kier alpha value is -2.29. The van der Waals surface area contributed by atoms with Gasteiger partial charge in [0.1, 0.15) is 5.82 Å². The highest BCUT2D eigenvalue weighted by molar-refractivity contribution is 7.89. The van der Waals surface area contributed by atoms with Gasteiger partial charge in [0.15, 0.2) is 0 Å². The smallest absolute Gasteiger partial charge is 0.251 e. The van der Waals surface area contributed by atoms with Gasteiger partial charge in [-0.2, -0.15) is 4.31 Å². The number of hydrogen-bond donors (Lipinski definition) is 1. The normalized spacial score (nSPS) is 18.7. The molecule has 0 bridgehead atoms. The minimum atomic E-state index is -3.68. The molecule has 0 radical (unpaired) electrons. The third-order valence-corrected chi connectivity index (χ3v) is 7.64. The first-order chi connectivity index (χ1) is 14.7. The summed E-state index contributed by atoms with van der Waals surface area (Å²) in [6, 6.07) is 12.5. The average Bonchev–Trinajstić information content (AvgIpc) is 2.98. The van der Waals surface area contributed by atoms with E-state index >= 15 is 0 Å². The summed E-state index contributed by atoms with van der Waals surface area (Å²) < 4.78 is 41.5. The van der Waals surface area contributed by atoms with Crippen LogP contribution in [0.2, 0.25) is 0 Å². The molecule has 1 unspecified atom stereocenters. The number of sulfonamides is 1. The second kappa shape index (κ2) is 9.89. The number of nitrogens with one attached hydrogen (secondary N) is 1. The van der Waals surface area contributed by atoms with Gasteiger partial charge < -0.3 is 5.32 Å². The molecule has 1 saturated heterocycles. The molecule has 1 aliphatic heterocycles. The molecule has 1 N–H and O–H groups in total. The molecule has 6 nitrogen and oxygen atoms in total. The van der Waals surface area contributed by atoms with Gasteiger partial charge in [0, 0.05) is 44.8 Å². The number of amides is 1. The van der Waals surface area contributed by atoms with E-state index in [2.05, 4.69) is 24.1 Å². The van der Waals surface area contributed by atoms with Crippen molar-refractivity contribution in [2.75, 3.05) is 26.7 Å². The molecule has 1 aliphatic rings. The van der Waals surface area contributed by atoms with Crippen LogP contribution in [0.1, 0.15) is 36.2 Å². The van der Waals surface area contributed by atoms with Crippen molar-refractivity contribution in [3.63, 3.8) is 0 Å². The Morgan fingerprint density at radius 3 is 2.32 bits per heavy atom. The summed E-state index contributed by atoms with van der Waals surface area (Å²) in [6.07, 6.45) is 0.708. The monoisotopic (exact) mass is 447 g/mol. The Morgan fingerprint density at radius 2 is 1.74 bits per heavy atom. The van der Waals surface area contributed by atoms with Crippen LogP contribution in [0.4, 0.5) is 4.39 Å². The Labute approximate surface area is 184 Å². The summed E-state index contributed by atoms with van der Waals surface area (Å²) in [5, 5.41) is 2.53. The molecule has 8 heteroatoms. The topological polar surface area (TPSA) is 69.7 Å². The van der Waals surface area contributed by atoms with Crippen LogP contribution < -0.4 is 5.32 Å². The van der Waals surface area contributed by atoms with Crippen molar-refractivity contribution >= 4 is 15.9 Å². The fourth-order valence-corrected chi connectivity index (χ4v) is 5.47. The Bertz CT molecular complexity index is 992. The summed E-state index contributed by atoms with van der Waals surface area (Å²) in [6.45, 7) is 6.42. The van der Waals surface area contributed by atoms with Gasteiger partial charge in [-0.15, -0.1) is 0 Å². The lowest BCUT2D eigenvalue weighted by Crippen LogP contribution is -2.45. The van der Waals surface area contributed by atoms with E-state index in [0.717, 1.165) is 12.1 Å². The number of benzene rings is 2. The van der Waals surface area contributed by atoms with Crippen molar-refractivity contribution in [2.24, 2.45) is 5.92 Å². The van der Waals surface area contributed by atoms with E-state index in [9.17, 15) is 17.6 Å². The van der Waals surface area contributed by atoms with Gasteiger partial charge in [0.05, 0.1) is 4.90 Å². The molecule has 168 valence electrons. The van der Waals surface area contributed by atoms with E-state index in [-0.39, 0.29) is 28.6 Å². The van der Waals surface area contributed by atoms with Gasteiger partial charge in [-0.05, 0) is 54.3 Å². The van der Waals surface area contributed by atoms with Crippen molar-refractivity contribution in [3.8, 4) is 0 Å². The Morgan fingerprint density at radius 1 is 1.10 bits per heavy atom. The molecule has 0 spiro atoms. The molecule has 1 heterocycles. The Balaban J connectivity index is 1.80. The quantitative estimate of drug-likeness (QED) is 0.739. The number of carbonyl (C=O) groups excluding carboxylic acids is 1. The lowest BCUT2D eigenvalue weighted by molar-refractivity contribution is 0.0963. The van der Waals surface area contributed by atoms with Gasteiger partial charge in [-0.1, -0.05) is 26.0 Å². The lowest BCUT2D eigenvalue weighted by Gasteiger charge is -2.34. The Kier molecular flexibility index (Phi) is 7.46. The molecule has 1 amide bonds. The molecular formula is C23H30FN3O3S. The van der Waals surface area contributed by atoms with Gasteiger partial charge >= 0.3 is 0 Å². The van der Waals surface area contributed by atoms with E-state index in [1.54, 1.807) is 16.4 Å². The van der Waals surface area contributed by atoms with Crippen molar-refractivity contribution in [3.05, 3.63) is 65.5 Å². The first-order valence-corrected chi connectivity index (χ1v) is 12.0. The zero-order chi connectivity index (χ0) is 22.6. The number of nitrogens with zero attached hydrogens (tertiary/aromatic N) is 2. The number of hydrogen-bond acceptors (Lipinski definition) is 4. The van der Waals surface area contributed by atoms with Crippen molar-refractivity contribution in [1.29, 1.82) is 0 Å². The number of halogens is 1. The SMILES string of the molecule is CNC(=O)c1ccc(S(=O)(=O)N2CCCN(Cc3ccc(F)cc3)C(C(C)C)C2)cc1. The minimum Gasteiger partial charge on any atom is -0.355 e. The summed E-state index contributed by atoms with van der Waals surface area (Å²) in [4.78, 5) is 14.2. The zero-order valence-electron chi connectivity index (χ0n) is 18.2. The molecule has 0 aliphatic carbocycles. The summed E-state index contributed by atoms with van der Waals surface area (Å²) >= 11 is 0. The number of carbonyl (C=O) groups is 1. The molecular weight excluding hydrogens is 417 g/mol. The van der Waals surface area contributed by atoms with Crippen LogP contribution in [-0.4, -0.2) is 56.3 Å². The third kappa shape index (κ3) is 5.50. The highest BCUT2D eigenvalue weighted by Gasteiger charge is 2.33. The average molecular weight is 448 g/mol.